The first-order valence-electron chi connectivity index (χ1n) is 16.3. The summed E-state index contributed by atoms with van der Waals surface area (Å²) in [7, 11) is -3.47. The molecular formula is C32H65O3P. The van der Waals surface area contributed by atoms with Crippen molar-refractivity contribution in [2.45, 2.75) is 187 Å². The predicted molar refractivity (Wildman–Crippen MR) is 161 cm³/mol. The van der Waals surface area contributed by atoms with E-state index in [-0.39, 0.29) is 6.61 Å². The zero-order chi connectivity index (χ0) is 26.4. The molecule has 0 aromatic heterocycles. The van der Waals surface area contributed by atoms with Gasteiger partial charge in [-0.2, -0.15) is 0 Å². The van der Waals surface area contributed by atoms with E-state index in [4.69, 9.17) is 4.52 Å². The van der Waals surface area contributed by atoms with Crippen molar-refractivity contribution in [3.8, 4) is 0 Å². The standard InChI is InChI=1S/C32H65O3P/c1-3-5-6-7-8-9-10-11-12-13-14-15-16-17-18-19-20-21-22-23-24-25-26-27-28-29-30-31-32-36(33,34)35-4-2/h31-32H,3-30H2,1-2H3,(H,33,34). The van der Waals surface area contributed by atoms with Crippen LogP contribution in [0.4, 0.5) is 0 Å². The van der Waals surface area contributed by atoms with Gasteiger partial charge < -0.3 is 9.42 Å². The molecule has 1 unspecified atom stereocenters. The molecule has 0 saturated carbocycles. The summed E-state index contributed by atoms with van der Waals surface area (Å²) in [6.45, 7) is 4.31. The fourth-order valence-corrected chi connectivity index (χ4v) is 5.89. The van der Waals surface area contributed by atoms with E-state index in [2.05, 4.69) is 6.92 Å². The van der Waals surface area contributed by atoms with E-state index in [0.717, 1.165) is 12.8 Å². The second kappa shape index (κ2) is 29.4. The van der Waals surface area contributed by atoms with Gasteiger partial charge >= 0.3 is 7.60 Å². The summed E-state index contributed by atoms with van der Waals surface area (Å²) in [4.78, 5) is 9.46. The lowest BCUT2D eigenvalue weighted by Gasteiger charge is -2.05. The molecule has 0 aliphatic heterocycles. The Bertz CT molecular complexity index is 492. The Labute approximate surface area is 227 Å². The molecule has 0 aromatic rings. The Balaban J connectivity index is 3.12. The van der Waals surface area contributed by atoms with Gasteiger partial charge in [-0.25, -0.2) is 0 Å². The van der Waals surface area contributed by atoms with Crippen molar-refractivity contribution in [1.82, 2.24) is 0 Å². The largest absolute Gasteiger partial charge is 0.351 e. The summed E-state index contributed by atoms with van der Waals surface area (Å²) in [6, 6.07) is 0. The molecule has 0 bridgehead atoms. The zero-order valence-corrected chi connectivity index (χ0v) is 25.6. The van der Waals surface area contributed by atoms with Crippen LogP contribution < -0.4 is 0 Å². The van der Waals surface area contributed by atoms with E-state index in [0.29, 0.717) is 0 Å². The number of hydrogen-bond acceptors (Lipinski definition) is 2. The van der Waals surface area contributed by atoms with Crippen LogP contribution in [0.15, 0.2) is 11.9 Å². The Hall–Kier alpha value is -0.110. The first-order valence-corrected chi connectivity index (χ1v) is 17.9. The van der Waals surface area contributed by atoms with Crippen LogP contribution >= 0.6 is 7.60 Å². The first-order chi connectivity index (χ1) is 17.6. The van der Waals surface area contributed by atoms with Gasteiger partial charge in [-0.3, -0.25) is 4.57 Å². The van der Waals surface area contributed by atoms with E-state index in [9.17, 15) is 9.46 Å². The molecule has 3 nitrogen and oxygen atoms in total. The fraction of sp³-hybridized carbons (Fsp3) is 0.938. The topological polar surface area (TPSA) is 46.5 Å². The summed E-state index contributed by atoms with van der Waals surface area (Å²) in [6.07, 6.45) is 39.3. The molecule has 1 atom stereocenters. The van der Waals surface area contributed by atoms with Gasteiger partial charge in [-0.15, -0.1) is 0 Å². The third-order valence-electron chi connectivity index (χ3n) is 7.33. The highest BCUT2D eigenvalue weighted by Crippen LogP contribution is 2.43. The van der Waals surface area contributed by atoms with Crippen molar-refractivity contribution in [2.24, 2.45) is 0 Å². The van der Waals surface area contributed by atoms with E-state index >= 15 is 0 Å². The number of rotatable bonds is 30. The molecular weight excluding hydrogens is 463 g/mol. The minimum absolute atomic E-state index is 0.275. The van der Waals surface area contributed by atoms with E-state index in [1.807, 2.05) is 0 Å². The van der Waals surface area contributed by atoms with Crippen molar-refractivity contribution in [3.63, 3.8) is 0 Å². The zero-order valence-electron chi connectivity index (χ0n) is 24.7. The van der Waals surface area contributed by atoms with E-state index in [1.54, 1.807) is 13.0 Å². The Morgan fingerprint density at radius 2 is 0.778 bits per heavy atom. The van der Waals surface area contributed by atoms with Crippen LogP contribution in [-0.4, -0.2) is 11.5 Å². The van der Waals surface area contributed by atoms with Gasteiger partial charge in [-0.1, -0.05) is 174 Å². The van der Waals surface area contributed by atoms with Crippen LogP contribution in [0.2, 0.25) is 0 Å². The van der Waals surface area contributed by atoms with Crippen molar-refractivity contribution in [2.75, 3.05) is 6.61 Å². The maximum Gasteiger partial charge on any atom is 0.351 e. The minimum Gasteiger partial charge on any atom is -0.321 e. The molecule has 0 amide bonds. The molecule has 0 radical (unpaired) electrons. The highest BCUT2D eigenvalue weighted by molar-refractivity contribution is 7.56. The second-order valence-electron chi connectivity index (χ2n) is 11.0. The van der Waals surface area contributed by atoms with Gasteiger partial charge in [0.2, 0.25) is 0 Å². The summed E-state index contributed by atoms with van der Waals surface area (Å²) in [5.74, 6) is 1.34. The maximum atomic E-state index is 11.5. The van der Waals surface area contributed by atoms with Gasteiger partial charge in [0.1, 0.15) is 0 Å². The van der Waals surface area contributed by atoms with Crippen molar-refractivity contribution in [1.29, 1.82) is 0 Å². The fourth-order valence-electron chi connectivity index (χ4n) is 5.01. The summed E-state index contributed by atoms with van der Waals surface area (Å²) in [5, 5.41) is 0. The molecule has 0 aliphatic rings. The smallest absolute Gasteiger partial charge is 0.321 e. The molecule has 0 spiro atoms. The molecule has 1 N–H and O–H groups in total. The Morgan fingerprint density at radius 1 is 0.500 bits per heavy atom. The van der Waals surface area contributed by atoms with Crippen LogP contribution in [0.3, 0.4) is 0 Å². The lowest BCUT2D eigenvalue weighted by atomic mass is 10.0. The molecule has 4 heteroatoms. The quantitative estimate of drug-likeness (QED) is 0.0744. The third kappa shape index (κ3) is 30.1. The number of unbranched alkanes of at least 4 members (excludes halogenated alkanes) is 26. The van der Waals surface area contributed by atoms with Crippen molar-refractivity contribution < 1.29 is 14.0 Å². The molecule has 0 aromatic carbocycles. The highest BCUT2D eigenvalue weighted by atomic mass is 31.2. The van der Waals surface area contributed by atoms with Crippen LogP contribution in [0.1, 0.15) is 187 Å². The van der Waals surface area contributed by atoms with Gasteiger partial charge in [0.15, 0.2) is 0 Å². The first kappa shape index (κ1) is 35.9. The third-order valence-corrected chi connectivity index (χ3v) is 8.55. The van der Waals surface area contributed by atoms with Crippen LogP contribution in [0.25, 0.3) is 0 Å². The molecule has 0 fully saturated rings. The monoisotopic (exact) mass is 528 g/mol. The average Bonchev–Trinajstić information content (AvgIpc) is 2.85. The average molecular weight is 529 g/mol. The number of hydrogen-bond donors (Lipinski definition) is 1. The van der Waals surface area contributed by atoms with Crippen LogP contribution in [-0.2, 0) is 9.09 Å². The molecule has 0 rings (SSSR count). The van der Waals surface area contributed by atoms with Crippen LogP contribution in [0, 0.1) is 0 Å². The van der Waals surface area contributed by atoms with Gasteiger partial charge in [-0.05, 0) is 19.8 Å². The number of allylic oxidation sites excluding steroid dienone is 1. The molecule has 0 saturated heterocycles. The minimum atomic E-state index is -3.47. The van der Waals surface area contributed by atoms with Crippen molar-refractivity contribution in [3.05, 3.63) is 11.9 Å². The van der Waals surface area contributed by atoms with E-state index in [1.165, 1.54) is 166 Å². The summed E-state index contributed by atoms with van der Waals surface area (Å²) in [5.41, 5.74) is 0. The maximum absolute atomic E-state index is 11.5. The molecule has 0 aliphatic carbocycles. The normalized spacial score (nSPS) is 13.5. The predicted octanol–water partition coefficient (Wildman–Crippen LogP) is 12.3. The van der Waals surface area contributed by atoms with Gasteiger partial charge in [0.05, 0.1) is 6.61 Å². The second-order valence-corrected chi connectivity index (χ2v) is 12.7. The van der Waals surface area contributed by atoms with Gasteiger partial charge in [0, 0.05) is 5.82 Å². The SMILES string of the molecule is CCCCCCCCCCCCCCCCCCCCCCCCCCCCC=CP(=O)(O)OCC. The molecule has 36 heavy (non-hydrogen) atoms. The Morgan fingerprint density at radius 3 is 1.06 bits per heavy atom. The van der Waals surface area contributed by atoms with E-state index < -0.39 is 7.60 Å². The lowest BCUT2D eigenvalue weighted by Crippen LogP contribution is -1.85. The summed E-state index contributed by atoms with van der Waals surface area (Å²) >= 11 is 0. The Kier molecular flexibility index (Phi) is 29.4. The molecule has 0 heterocycles. The lowest BCUT2D eigenvalue weighted by molar-refractivity contribution is 0.283. The molecule has 216 valence electrons. The highest BCUT2D eigenvalue weighted by Gasteiger charge is 2.11. The van der Waals surface area contributed by atoms with Crippen molar-refractivity contribution >= 4 is 7.60 Å². The van der Waals surface area contributed by atoms with Gasteiger partial charge in [0.25, 0.3) is 0 Å². The van der Waals surface area contributed by atoms with Crippen LogP contribution in [0.5, 0.6) is 0 Å². The summed E-state index contributed by atoms with van der Waals surface area (Å²) < 4.78 is 16.3.